The van der Waals surface area contributed by atoms with E-state index in [1.165, 1.54) is 6.07 Å². The molecule has 0 radical (unpaired) electrons. The van der Waals surface area contributed by atoms with Gasteiger partial charge in [-0.1, -0.05) is 47.5 Å². The van der Waals surface area contributed by atoms with Crippen LogP contribution in [-0.2, 0) is 0 Å². The number of allylic oxidation sites excluding steroid dienone is 2. The van der Waals surface area contributed by atoms with Gasteiger partial charge in [-0.15, -0.1) is 0 Å². The zero-order chi connectivity index (χ0) is 15.3. The van der Waals surface area contributed by atoms with E-state index in [9.17, 15) is 4.39 Å². The second kappa shape index (κ2) is 5.29. The van der Waals surface area contributed by atoms with Crippen molar-refractivity contribution in [1.29, 1.82) is 0 Å². The first kappa shape index (κ1) is 14.1. The van der Waals surface area contributed by atoms with Gasteiger partial charge in [0.05, 0.1) is 16.8 Å². The fourth-order valence-electron chi connectivity index (χ4n) is 3.65. The third-order valence-corrected chi connectivity index (χ3v) is 5.11. The van der Waals surface area contributed by atoms with Gasteiger partial charge in [-0.25, -0.2) is 4.39 Å². The first-order valence-corrected chi connectivity index (χ1v) is 8.06. The van der Waals surface area contributed by atoms with Crippen molar-refractivity contribution in [3.8, 4) is 0 Å². The Labute approximate surface area is 138 Å². The molecular weight excluding hydrogens is 320 g/mol. The van der Waals surface area contributed by atoms with Gasteiger partial charge < -0.3 is 5.32 Å². The van der Waals surface area contributed by atoms with E-state index in [-0.39, 0.29) is 17.8 Å². The highest BCUT2D eigenvalue weighted by Crippen LogP contribution is 2.52. The molecule has 0 bridgehead atoms. The molecule has 0 saturated carbocycles. The molecule has 22 heavy (non-hydrogen) atoms. The molecular formula is C18H14Cl2FN. The van der Waals surface area contributed by atoms with E-state index in [0.29, 0.717) is 16.0 Å². The fourth-order valence-corrected chi connectivity index (χ4v) is 4.21. The molecule has 3 atom stereocenters. The summed E-state index contributed by atoms with van der Waals surface area (Å²) in [7, 11) is 0. The summed E-state index contributed by atoms with van der Waals surface area (Å²) in [5.41, 5.74) is 2.99. The molecule has 0 amide bonds. The Hall–Kier alpha value is -1.51. The van der Waals surface area contributed by atoms with Gasteiger partial charge >= 0.3 is 0 Å². The number of hydrogen-bond donors (Lipinski definition) is 1. The lowest BCUT2D eigenvalue weighted by Crippen LogP contribution is -2.29. The minimum atomic E-state index is -0.213. The van der Waals surface area contributed by atoms with Gasteiger partial charge in [-0.3, -0.25) is 0 Å². The fraction of sp³-hybridized carbons (Fsp3) is 0.222. The summed E-state index contributed by atoms with van der Waals surface area (Å²) < 4.78 is 13.6. The monoisotopic (exact) mass is 333 g/mol. The van der Waals surface area contributed by atoms with Crippen LogP contribution in [0.1, 0.15) is 29.5 Å². The average molecular weight is 334 g/mol. The minimum absolute atomic E-state index is 0.0434. The van der Waals surface area contributed by atoms with Crippen molar-refractivity contribution in [3.05, 3.63) is 75.5 Å². The maximum atomic E-state index is 13.6. The molecule has 2 aromatic carbocycles. The second-order valence-electron chi connectivity index (χ2n) is 5.88. The van der Waals surface area contributed by atoms with Crippen LogP contribution in [-0.4, -0.2) is 0 Å². The van der Waals surface area contributed by atoms with E-state index in [1.807, 2.05) is 12.1 Å². The Bertz CT molecular complexity index is 772. The van der Waals surface area contributed by atoms with E-state index in [2.05, 4.69) is 17.5 Å². The predicted octanol–water partition coefficient (Wildman–Crippen LogP) is 5.96. The highest BCUT2D eigenvalue weighted by Gasteiger charge is 2.38. The quantitative estimate of drug-likeness (QED) is 0.635. The summed E-state index contributed by atoms with van der Waals surface area (Å²) in [5, 5.41) is 4.77. The van der Waals surface area contributed by atoms with Gasteiger partial charge in [0.1, 0.15) is 5.82 Å². The number of nitrogens with one attached hydrogen (secondary N) is 1. The minimum Gasteiger partial charge on any atom is -0.376 e. The maximum absolute atomic E-state index is 13.6. The van der Waals surface area contributed by atoms with Crippen molar-refractivity contribution in [1.82, 2.24) is 0 Å². The van der Waals surface area contributed by atoms with Crippen LogP contribution in [0.5, 0.6) is 0 Å². The van der Waals surface area contributed by atoms with Crippen LogP contribution in [0.4, 0.5) is 10.1 Å². The molecule has 0 aromatic heterocycles. The van der Waals surface area contributed by atoms with E-state index in [0.717, 1.165) is 23.2 Å². The number of rotatable bonds is 1. The van der Waals surface area contributed by atoms with Gasteiger partial charge in [-0.05, 0) is 47.7 Å². The van der Waals surface area contributed by atoms with Crippen molar-refractivity contribution in [2.24, 2.45) is 5.92 Å². The lowest BCUT2D eigenvalue weighted by molar-refractivity contribution is 0.424. The van der Waals surface area contributed by atoms with Crippen LogP contribution in [0.2, 0.25) is 10.0 Å². The molecule has 0 unspecified atom stereocenters. The molecule has 1 N–H and O–H groups in total. The molecule has 1 heterocycles. The summed E-state index contributed by atoms with van der Waals surface area (Å²) >= 11 is 12.5. The normalized spacial score (nSPS) is 25.5. The largest absolute Gasteiger partial charge is 0.376 e. The number of hydrogen-bond acceptors (Lipinski definition) is 1. The summed E-state index contributed by atoms with van der Waals surface area (Å²) in [4.78, 5) is 0. The van der Waals surface area contributed by atoms with Gasteiger partial charge in [0.25, 0.3) is 0 Å². The van der Waals surface area contributed by atoms with Gasteiger partial charge in [-0.2, -0.15) is 0 Å². The average Bonchev–Trinajstić information content (AvgIpc) is 2.96. The van der Waals surface area contributed by atoms with Crippen LogP contribution < -0.4 is 5.32 Å². The molecule has 1 nitrogen and oxygen atoms in total. The number of benzene rings is 2. The molecule has 1 aliphatic heterocycles. The first-order valence-electron chi connectivity index (χ1n) is 7.31. The molecule has 112 valence electrons. The van der Waals surface area contributed by atoms with E-state index in [1.54, 1.807) is 18.2 Å². The lowest BCUT2D eigenvalue weighted by atomic mass is 9.77. The van der Waals surface area contributed by atoms with E-state index in [4.69, 9.17) is 23.2 Å². The van der Waals surface area contributed by atoms with Crippen LogP contribution >= 0.6 is 23.2 Å². The standard InChI is InChI=1S/C18H14Cl2FN/c19-11-8-15-13-5-2-6-14(13)17(22-18(15)16(20)9-11)10-3-1-4-12(21)7-10/h1-5,7-9,13-14,17,22H,6H2/t13-,14-,17-/m0/s1. The molecule has 1 aliphatic carbocycles. The Kier molecular flexibility index (Phi) is 3.39. The summed E-state index contributed by atoms with van der Waals surface area (Å²) in [5.74, 6) is 0.402. The van der Waals surface area contributed by atoms with Crippen molar-refractivity contribution in [3.63, 3.8) is 0 Å². The third-order valence-electron chi connectivity index (χ3n) is 4.59. The topological polar surface area (TPSA) is 12.0 Å². The molecule has 0 fully saturated rings. The zero-order valence-corrected chi connectivity index (χ0v) is 13.2. The van der Waals surface area contributed by atoms with E-state index < -0.39 is 0 Å². The van der Waals surface area contributed by atoms with Crippen molar-refractivity contribution in [2.75, 3.05) is 5.32 Å². The van der Waals surface area contributed by atoms with Crippen molar-refractivity contribution < 1.29 is 4.39 Å². The van der Waals surface area contributed by atoms with Gasteiger partial charge in [0.15, 0.2) is 0 Å². The summed E-state index contributed by atoms with van der Waals surface area (Å²) in [6, 6.07) is 10.6. The summed E-state index contributed by atoms with van der Waals surface area (Å²) in [6.07, 6.45) is 5.36. The molecule has 4 rings (SSSR count). The van der Waals surface area contributed by atoms with Crippen LogP contribution in [0.25, 0.3) is 0 Å². The SMILES string of the molecule is Fc1cccc([C@@H]2Nc3c(Cl)cc(Cl)cc3[C@H]3C=CC[C@@H]32)c1. The van der Waals surface area contributed by atoms with E-state index >= 15 is 0 Å². The van der Waals surface area contributed by atoms with Crippen LogP contribution in [0, 0.1) is 11.7 Å². The highest BCUT2D eigenvalue weighted by molar-refractivity contribution is 6.36. The van der Waals surface area contributed by atoms with Gasteiger partial charge in [0.2, 0.25) is 0 Å². The number of anilines is 1. The van der Waals surface area contributed by atoms with Gasteiger partial charge in [0, 0.05) is 10.9 Å². The smallest absolute Gasteiger partial charge is 0.123 e. The zero-order valence-electron chi connectivity index (χ0n) is 11.7. The second-order valence-corrected chi connectivity index (χ2v) is 6.73. The number of halogens is 3. The maximum Gasteiger partial charge on any atom is 0.123 e. The Morgan fingerprint density at radius 1 is 1.14 bits per heavy atom. The molecule has 4 heteroatoms. The molecule has 2 aliphatic rings. The molecule has 0 spiro atoms. The Balaban J connectivity index is 1.84. The molecule has 0 saturated heterocycles. The first-order chi connectivity index (χ1) is 10.6. The van der Waals surface area contributed by atoms with Crippen LogP contribution in [0.15, 0.2) is 48.6 Å². The molecule has 2 aromatic rings. The van der Waals surface area contributed by atoms with Crippen molar-refractivity contribution in [2.45, 2.75) is 18.4 Å². The van der Waals surface area contributed by atoms with Crippen molar-refractivity contribution >= 4 is 28.9 Å². The summed E-state index contributed by atoms with van der Waals surface area (Å²) in [6.45, 7) is 0. The Morgan fingerprint density at radius 3 is 2.82 bits per heavy atom. The number of fused-ring (bicyclic) bond motifs is 3. The highest BCUT2D eigenvalue weighted by atomic mass is 35.5. The predicted molar refractivity (Wildman–Crippen MR) is 89.2 cm³/mol. The van der Waals surface area contributed by atoms with Crippen LogP contribution in [0.3, 0.4) is 0 Å². The lowest BCUT2D eigenvalue weighted by Gasteiger charge is -2.38. The Morgan fingerprint density at radius 2 is 2.00 bits per heavy atom. The third kappa shape index (κ3) is 2.22.